The predicted octanol–water partition coefficient (Wildman–Crippen LogP) is 5.54. The summed E-state index contributed by atoms with van der Waals surface area (Å²) in [5, 5.41) is 19.9. The minimum atomic E-state index is -5.83. The zero-order valence-electron chi connectivity index (χ0n) is 16.1. The standard InChI is InChI=1S/C20H28F6O2/c1-15-7-3-5-14(27)16(15,2)10-6-13(15)17(11-12-17)8-4-9-18(28,19(21,22)23)20(24,25)26/h4,9,13-14,27-28H,3,5-8,10-12H2,1-2H3/b9-4-/t13-,14-,15+,16-/m0/s1. The number of rotatable bonds is 4. The molecule has 0 aliphatic heterocycles. The van der Waals surface area contributed by atoms with Gasteiger partial charge in [0, 0.05) is 0 Å². The lowest BCUT2D eigenvalue weighted by Crippen LogP contribution is -2.55. The van der Waals surface area contributed by atoms with Crippen LogP contribution in [0.4, 0.5) is 26.3 Å². The molecule has 28 heavy (non-hydrogen) atoms. The van der Waals surface area contributed by atoms with E-state index < -0.39 is 24.1 Å². The van der Waals surface area contributed by atoms with Gasteiger partial charge in [-0.1, -0.05) is 26.3 Å². The number of halogens is 6. The summed E-state index contributed by atoms with van der Waals surface area (Å²) in [6, 6.07) is 0. The van der Waals surface area contributed by atoms with Crippen LogP contribution in [-0.2, 0) is 0 Å². The molecule has 0 aromatic carbocycles. The lowest BCUT2D eigenvalue weighted by molar-refractivity contribution is -0.347. The number of aliphatic hydroxyl groups excluding tert-OH is 1. The molecule has 3 aliphatic carbocycles. The number of fused-ring (bicyclic) bond motifs is 1. The van der Waals surface area contributed by atoms with E-state index in [0.717, 1.165) is 51.0 Å². The number of aliphatic hydroxyl groups is 2. The average molecular weight is 414 g/mol. The van der Waals surface area contributed by atoms with Crippen LogP contribution < -0.4 is 0 Å². The second-order valence-corrected chi connectivity index (χ2v) is 9.56. The Bertz CT molecular complexity index is 622. The molecule has 0 spiro atoms. The van der Waals surface area contributed by atoms with Crippen molar-refractivity contribution in [3.8, 4) is 0 Å². The molecule has 2 nitrogen and oxygen atoms in total. The molecule has 0 radical (unpaired) electrons. The zero-order valence-corrected chi connectivity index (χ0v) is 16.1. The van der Waals surface area contributed by atoms with Gasteiger partial charge in [0.05, 0.1) is 6.10 Å². The summed E-state index contributed by atoms with van der Waals surface area (Å²) < 4.78 is 77.2. The summed E-state index contributed by atoms with van der Waals surface area (Å²) in [5.74, 6) is 0.148. The SMILES string of the molecule is C[C@@]12CC[C@H](C3(C/C=C\C(O)(C(F)(F)F)C(F)(F)F)CC3)[C@@]1(C)CCC[C@@H]2O. The van der Waals surface area contributed by atoms with E-state index >= 15 is 0 Å². The van der Waals surface area contributed by atoms with Crippen molar-refractivity contribution in [1.29, 1.82) is 0 Å². The van der Waals surface area contributed by atoms with Gasteiger partial charge in [0.1, 0.15) is 0 Å². The van der Waals surface area contributed by atoms with Gasteiger partial charge in [0.2, 0.25) is 0 Å². The first-order valence-corrected chi connectivity index (χ1v) is 9.85. The molecule has 0 saturated heterocycles. The van der Waals surface area contributed by atoms with E-state index in [1.165, 1.54) is 0 Å². The third kappa shape index (κ3) is 3.01. The molecule has 3 fully saturated rings. The summed E-state index contributed by atoms with van der Waals surface area (Å²) in [6.07, 6.45) is -5.62. The molecule has 3 saturated carbocycles. The van der Waals surface area contributed by atoms with Crippen LogP contribution in [-0.4, -0.2) is 34.3 Å². The van der Waals surface area contributed by atoms with Crippen LogP contribution in [0.2, 0.25) is 0 Å². The number of hydrogen-bond donors (Lipinski definition) is 2. The average Bonchev–Trinajstić information content (AvgIpc) is 3.25. The maximum atomic E-state index is 12.9. The van der Waals surface area contributed by atoms with Crippen molar-refractivity contribution in [1.82, 2.24) is 0 Å². The minimum absolute atomic E-state index is 0.0773. The quantitative estimate of drug-likeness (QED) is 0.469. The Morgan fingerprint density at radius 2 is 1.46 bits per heavy atom. The molecule has 0 amide bonds. The molecule has 8 heteroatoms. The van der Waals surface area contributed by atoms with E-state index in [4.69, 9.17) is 0 Å². The highest BCUT2D eigenvalue weighted by molar-refractivity contribution is 5.18. The van der Waals surface area contributed by atoms with Crippen LogP contribution in [0.25, 0.3) is 0 Å². The van der Waals surface area contributed by atoms with Gasteiger partial charge in [-0.05, 0) is 73.2 Å². The summed E-state index contributed by atoms with van der Waals surface area (Å²) in [6.45, 7) is 4.19. The van der Waals surface area contributed by atoms with Gasteiger partial charge in [-0.15, -0.1) is 0 Å². The van der Waals surface area contributed by atoms with Crippen molar-refractivity contribution in [2.24, 2.45) is 22.2 Å². The van der Waals surface area contributed by atoms with E-state index in [1.54, 1.807) is 0 Å². The molecule has 0 bridgehead atoms. The Labute approximate surface area is 161 Å². The van der Waals surface area contributed by atoms with Crippen LogP contribution in [0.15, 0.2) is 12.2 Å². The van der Waals surface area contributed by atoms with Gasteiger partial charge >= 0.3 is 12.4 Å². The van der Waals surface area contributed by atoms with Crippen LogP contribution >= 0.6 is 0 Å². The monoisotopic (exact) mass is 414 g/mol. The molecule has 162 valence electrons. The third-order valence-electron chi connectivity index (χ3n) is 8.31. The molecule has 0 unspecified atom stereocenters. The van der Waals surface area contributed by atoms with Crippen LogP contribution in [0.3, 0.4) is 0 Å². The van der Waals surface area contributed by atoms with Gasteiger partial charge in [-0.3, -0.25) is 0 Å². The molecule has 4 atom stereocenters. The number of allylic oxidation sites excluding steroid dienone is 1. The van der Waals surface area contributed by atoms with E-state index in [9.17, 15) is 36.6 Å². The van der Waals surface area contributed by atoms with Gasteiger partial charge in [-0.25, -0.2) is 0 Å². The smallest absolute Gasteiger partial charge is 0.393 e. The number of alkyl halides is 6. The van der Waals surface area contributed by atoms with E-state index in [-0.39, 0.29) is 34.7 Å². The Morgan fingerprint density at radius 1 is 0.893 bits per heavy atom. The van der Waals surface area contributed by atoms with Crippen molar-refractivity contribution in [3.05, 3.63) is 12.2 Å². The Balaban J connectivity index is 1.81. The Kier molecular flexibility index (Phi) is 4.99. The molecule has 0 heterocycles. The maximum absolute atomic E-state index is 12.9. The fourth-order valence-corrected chi connectivity index (χ4v) is 6.09. The molecule has 2 N–H and O–H groups in total. The molecular weight excluding hydrogens is 386 g/mol. The number of hydrogen-bond acceptors (Lipinski definition) is 2. The molecule has 0 aromatic rings. The maximum Gasteiger partial charge on any atom is 0.429 e. The molecule has 3 aliphatic rings. The first-order chi connectivity index (χ1) is 12.6. The van der Waals surface area contributed by atoms with E-state index in [2.05, 4.69) is 13.8 Å². The second kappa shape index (κ2) is 6.37. The Hall–Kier alpha value is -0.760. The Morgan fingerprint density at radius 3 is 1.96 bits per heavy atom. The molecule has 3 rings (SSSR count). The largest absolute Gasteiger partial charge is 0.429 e. The minimum Gasteiger partial charge on any atom is -0.393 e. The first-order valence-electron chi connectivity index (χ1n) is 9.85. The first kappa shape index (κ1) is 21.9. The summed E-state index contributed by atoms with van der Waals surface area (Å²) in [7, 11) is 0. The van der Waals surface area contributed by atoms with Gasteiger partial charge in [0.15, 0.2) is 0 Å². The van der Waals surface area contributed by atoms with Crippen molar-refractivity contribution in [2.75, 3.05) is 0 Å². The van der Waals surface area contributed by atoms with E-state index in [1.807, 2.05) is 0 Å². The third-order valence-corrected chi connectivity index (χ3v) is 8.31. The summed E-state index contributed by atoms with van der Waals surface area (Å²) in [5.41, 5.74) is -5.61. The van der Waals surface area contributed by atoms with Gasteiger partial charge in [0.25, 0.3) is 5.60 Å². The molecular formula is C20H28F6O2. The highest BCUT2D eigenvalue weighted by Crippen LogP contribution is 2.73. The topological polar surface area (TPSA) is 40.5 Å². The van der Waals surface area contributed by atoms with E-state index in [0.29, 0.717) is 0 Å². The summed E-state index contributed by atoms with van der Waals surface area (Å²) >= 11 is 0. The lowest BCUT2D eigenvalue weighted by atomic mass is 9.53. The molecule has 0 aromatic heterocycles. The van der Waals surface area contributed by atoms with Crippen LogP contribution in [0, 0.1) is 22.2 Å². The van der Waals surface area contributed by atoms with Gasteiger partial charge in [-0.2, -0.15) is 26.3 Å². The summed E-state index contributed by atoms with van der Waals surface area (Å²) in [4.78, 5) is 0. The normalized spacial score (nSPS) is 38.6. The fourth-order valence-electron chi connectivity index (χ4n) is 6.09. The highest BCUT2D eigenvalue weighted by atomic mass is 19.4. The fraction of sp³-hybridized carbons (Fsp3) is 0.900. The lowest BCUT2D eigenvalue weighted by Gasteiger charge is -2.53. The second-order valence-electron chi connectivity index (χ2n) is 9.56. The van der Waals surface area contributed by atoms with Crippen molar-refractivity contribution in [2.45, 2.75) is 89.3 Å². The van der Waals surface area contributed by atoms with Crippen molar-refractivity contribution >= 4 is 0 Å². The predicted molar refractivity (Wildman–Crippen MR) is 91.3 cm³/mol. The van der Waals surface area contributed by atoms with Crippen molar-refractivity contribution in [3.63, 3.8) is 0 Å². The van der Waals surface area contributed by atoms with Crippen LogP contribution in [0.5, 0.6) is 0 Å². The van der Waals surface area contributed by atoms with Crippen molar-refractivity contribution < 1.29 is 36.6 Å². The highest BCUT2D eigenvalue weighted by Gasteiger charge is 2.69. The van der Waals surface area contributed by atoms with Crippen LogP contribution in [0.1, 0.15) is 65.2 Å². The van der Waals surface area contributed by atoms with Gasteiger partial charge < -0.3 is 10.2 Å². The zero-order chi connectivity index (χ0) is 21.2.